The van der Waals surface area contributed by atoms with Crippen LogP contribution < -0.4 is 5.32 Å². The Morgan fingerprint density at radius 2 is 2.33 bits per heavy atom. The Morgan fingerprint density at radius 3 is 2.80 bits per heavy atom. The number of anilines is 1. The van der Waals surface area contributed by atoms with Gasteiger partial charge in [0, 0.05) is 17.3 Å². The molecule has 0 saturated carbocycles. The third-order valence-corrected chi connectivity index (χ3v) is 2.90. The molecule has 0 unspecified atom stereocenters. The lowest BCUT2D eigenvalue weighted by molar-refractivity contribution is -0.137. The van der Waals surface area contributed by atoms with E-state index in [4.69, 9.17) is 5.11 Å². The van der Waals surface area contributed by atoms with Gasteiger partial charge in [-0.25, -0.2) is 4.98 Å². The van der Waals surface area contributed by atoms with Crippen LogP contribution in [0.15, 0.2) is 5.38 Å². The van der Waals surface area contributed by atoms with Crippen LogP contribution in [0.5, 0.6) is 0 Å². The van der Waals surface area contributed by atoms with Gasteiger partial charge in [0.2, 0.25) is 0 Å². The molecule has 1 aromatic rings. The summed E-state index contributed by atoms with van der Waals surface area (Å²) >= 11 is 1.54. The van der Waals surface area contributed by atoms with Gasteiger partial charge in [0.1, 0.15) is 0 Å². The molecule has 0 aliphatic carbocycles. The normalized spacial score (nSPS) is 11.4. The Hall–Kier alpha value is -1.10. The molecule has 84 valence electrons. The molecule has 1 aromatic heterocycles. The maximum Gasteiger partial charge on any atom is 0.303 e. The number of carboxylic acid groups (broad SMARTS) is 1. The summed E-state index contributed by atoms with van der Waals surface area (Å²) in [6, 6.07) is 0. The Morgan fingerprint density at radius 1 is 1.67 bits per heavy atom. The highest BCUT2D eigenvalue weighted by Crippen LogP contribution is 2.22. The van der Waals surface area contributed by atoms with Crippen molar-refractivity contribution in [2.45, 2.75) is 39.2 Å². The molecule has 2 N–H and O–H groups in total. The summed E-state index contributed by atoms with van der Waals surface area (Å²) in [5.74, 6) is -0.764. The van der Waals surface area contributed by atoms with Crippen LogP contribution >= 0.6 is 11.3 Å². The van der Waals surface area contributed by atoms with Crippen LogP contribution in [0.1, 0.15) is 32.4 Å². The minimum atomic E-state index is -0.764. The fraction of sp³-hybridized carbons (Fsp3) is 0.600. The van der Waals surface area contributed by atoms with E-state index >= 15 is 0 Å². The van der Waals surface area contributed by atoms with Crippen LogP contribution in [-0.2, 0) is 4.79 Å². The Labute approximate surface area is 93.4 Å². The molecular formula is C10H16N2O2S. The summed E-state index contributed by atoms with van der Waals surface area (Å²) in [6.07, 6.45) is 0.755. The third-order valence-electron chi connectivity index (χ3n) is 2.03. The SMILES string of the molecule is Cc1csc(NC(C)(C)CCC(=O)O)n1. The first-order valence-corrected chi connectivity index (χ1v) is 5.69. The van der Waals surface area contributed by atoms with Crippen LogP contribution in [0.2, 0.25) is 0 Å². The Balaban J connectivity index is 2.52. The van der Waals surface area contributed by atoms with Crippen molar-refractivity contribution in [3.05, 3.63) is 11.1 Å². The third kappa shape index (κ3) is 4.29. The molecule has 0 radical (unpaired) electrons. The van der Waals surface area contributed by atoms with Crippen molar-refractivity contribution in [2.24, 2.45) is 0 Å². The van der Waals surface area contributed by atoms with Gasteiger partial charge in [-0.15, -0.1) is 11.3 Å². The lowest BCUT2D eigenvalue weighted by Gasteiger charge is -2.25. The molecule has 0 bridgehead atoms. The summed E-state index contributed by atoms with van der Waals surface area (Å²) in [6.45, 7) is 5.89. The van der Waals surface area contributed by atoms with Crippen molar-refractivity contribution in [1.82, 2.24) is 4.98 Å². The van der Waals surface area contributed by atoms with Gasteiger partial charge in [0.25, 0.3) is 0 Å². The predicted octanol–water partition coefficient (Wildman–Crippen LogP) is 2.51. The van der Waals surface area contributed by atoms with Gasteiger partial charge in [-0.05, 0) is 27.2 Å². The van der Waals surface area contributed by atoms with Gasteiger partial charge in [-0.1, -0.05) is 0 Å². The first-order valence-electron chi connectivity index (χ1n) is 4.81. The molecule has 1 heterocycles. The van der Waals surface area contributed by atoms with Crippen molar-refractivity contribution < 1.29 is 9.90 Å². The van der Waals surface area contributed by atoms with Crippen molar-refractivity contribution in [3.8, 4) is 0 Å². The van der Waals surface area contributed by atoms with Gasteiger partial charge in [0.05, 0.1) is 5.69 Å². The van der Waals surface area contributed by atoms with E-state index in [1.165, 1.54) is 0 Å². The monoisotopic (exact) mass is 228 g/mol. The van der Waals surface area contributed by atoms with Gasteiger partial charge in [-0.2, -0.15) is 0 Å². The lowest BCUT2D eigenvalue weighted by atomic mass is 9.99. The summed E-state index contributed by atoms with van der Waals surface area (Å²) in [7, 11) is 0. The highest BCUT2D eigenvalue weighted by Gasteiger charge is 2.19. The molecule has 0 aliphatic rings. The average Bonchev–Trinajstić information content (AvgIpc) is 2.47. The number of hydrogen-bond donors (Lipinski definition) is 2. The number of nitrogens with one attached hydrogen (secondary N) is 1. The molecule has 0 fully saturated rings. The fourth-order valence-electron chi connectivity index (χ4n) is 1.18. The van der Waals surface area contributed by atoms with Crippen LogP contribution in [0.4, 0.5) is 5.13 Å². The van der Waals surface area contributed by atoms with Crippen molar-refractivity contribution in [1.29, 1.82) is 0 Å². The van der Waals surface area contributed by atoms with Crippen LogP contribution in [0.25, 0.3) is 0 Å². The molecule has 0 atom stereocenters. The molecule has 0 aliphatic heterocycles. The molecule has 1 rings (SSSR count). The standard InChI is InChI=1S/C10H16N2O2S/c1-7-6-15-9(11-7)12-10(2,3)5-4-8(13)14/h6H,4-5H2,1-3H3,(H,11,12)(H,13,14). The van der Waals surface area contributed by atoms with Crippen LogP contribution in [0, 0.1) is 6.92 Å². The molecule has 15 heavy (non-hydrogen) atoms. The highest BCUT2D eigenvalue weighted by molar-refractivity contribution is 7.13. The molecule has 0 spiro atoms. The van der Waals surface area contributed by atoms with E-state index in [1.807, 2.05) is 26.2 Å². The second-order valence-electron chi connectivity index (χ2n) is 4.20. The zero-order chi connectivity index (χ0) is 11.5. The molecule has 0 saturated heterocycles. The number of nitrogens with zero attached hydrogens (tertiary/aromatic N) is 1. The van der Waals surface area contributed by atoms with E-state index in [0.29, 0.717) is 6.42 Å². The maximum atomic E-state index is 10.5. The molecule has 5 heteroatoms. The number of aromatic nitrogens is 1. The quantitative estimate of drug-likeness (QED) is 0.812. The molecule has 0 amide bonds. The number of carbonyl (C=O) groups is 1. The topological polar surface area (TPSA) is 62.2 Å². The van der Waals surface area contributed by atoms with Gasteiger partial charge >= 0.3 is 5.97 Å². The number of aryl methyl sites for hydroxylation is 1. The maximum absolute atomic E-state index is 10.5. The second-order valence-corrected chi connectivity index (χ2v) is 5.05. The highest BCUT2D eigenvalue weighted by atomic mass is 32.1. The summed E-state index contributed by atoms with van der Waals surface area (Å²) < 4.78 is 0. The van der Waals surface area contributed by atoms with E-state index < -0.39 is 5.97 Å². The zero-order valence-electron chi connectivity index (χ0n) is 9.20. The van der Waals surface area contributed by atoms with Gasteiger partial charge in [-0.3, -0.25) is 4.79 Å². The van der Waals surface area contributed by atoms with Crippen molar-refractivity contribution >= 4 is 22.4 Å². The largest absolute Gasteiger partial charge is 0.481 e. The van der Waals surface area contributed by atoms with E-state index in [9.17, 15) is 4.79 Å². The van der Waals surface area contributed by atoms with Gasteiger partial charge < -0.3 is 10.4 Å². The van der Waals surface area contributed by atoms with Crippen LogP contribution in [-0.4, -0.2) is 21.6 Å². The smallest absolute Gasteiger partial charge is 0.303 e. The first-order chi connectivity index (χ1) is 6.89. The van der Waals surface area contributed by atoms with Crippen molar-refractivity contribution in [3.63, 3.8) is 0 Å². The lowest BCUT2D eigenvalue weighted by Crippen LogP contribution is -2.31. The minimum absolute atomic E-state index is 0.171. The van der Waals surface area contributed by atoms with E-state index in [2.05, 4.69) is 10.3 Å². The predicted molar refractivity (Wildman–Crippen MR) is 61.4 cm³/mol. The second kappa shape index (κ2) is 4.61. The Kier molecular flexibility index (Phi) is 3.68. The number of thiazole rings is 1. The number of hydrogen-bond acceptors (Lipinski definition) is 4. The zero-order valence-corrected chi connectivity index (χ0v) is 10.0. The molecule has 0 aromatic carbocycles. The number of carboxylic acids is 1. The van der Waals surface area contributed by atoms with Crippen molar-refractivity contribution in [2.75, 3.05) is 5.32 Å². The summed E-state index contributed by atoms with van der Waals surface area (Å²) in [5, 5.41) is 14.7. The number of rotatable bonds is 5. The fourth-order valence-corrected chi connectivity index (χ4v) is 2.05. The summed E-state index contributed by atoms with van der Waals surface area (Å²) in [4.78, 5) is 14.7. The number of aliphatic carboxylic acids is 1. The Bertz CT molecular complexity index is 347. The van der Waals surface area contributed by atoms with E-state index in [0.717, 1.165) is 10.8 Å². The molecule has 4 nitrogen and oxygen atoms in total. The molecular weight excluding hydrogens is 212 g/mol. The summed E-state index contributed by atoms with van der Waals surface area (Å²) in [5.41, 5.74) is 0.749. The first kappa shape index (κ1) is 12.0. The van der Waals surface area contributed by atoms with Gasteiger partial charge in [0.15, 0.2) is 5.13 Å². The van der Waals surface area contributed by atoms with Crippen LogP contribution in [0.3, 0.4) is 0 Å². The minimum Gasteiger partial charge on any atom is -0.481 e. The average molecular weight is 228 g/mol. The van der Waals surface area contributed by atoms with E-state index in [1.54, 1.807) is 11.3 Å². The van der Waals surface area contributed by atoms with E-state index in [-0.39, 0.29) is 12.0 Å².